The average Bonchev–Trinajstić information content (AvgIpc) is 0.703. The second-order valence-corrected chi connectivity index (χ2v) is 23.1. The first-order valence-corrected chi connectivity index (χ1v) is 30.1. The summed E-state index contributed by atoms with van der Waals surface area (Å²) in [4.78, 5) is 12.8. The molecular formula is C79H57B2N5. The van der Waals surface area contributed by atoms with E-state index in [0.29, 0.717) is 0 Å². The molecule has 0 saturated carbocycles. The zero-order chi connectivity index (χ0) is 56.7. The molecule has 3 unspecified atom stereocenters. The van der Waals surface area contributed by atoms with Crippen LogP contribution in [0.3, 0.4) is 0 Å². The fourth-order valence-electron chi connectivity index (χ4n) is 15.2. The van der Waals surface area contributed by atoms with Crippen molar-refractivity contribution in [2.75, 3.05) is 24.5 Å². The summed E-state index contributed by atoms with van der Waals surface area (Å²) in [7, 11) is 0. The van der Waals surface area contributed by atoms with E-state index in [1.165, 1.54) is 78.1 Å². The van der Waals surface area contributed by atoms with Gasteiger partial charge in [0.1, 0.15) is 0 Å². The monoisotopic (exact) mass is 1100 g/mol. The molecular weight excluding hydrogens is 1040 g/mol. The summed E-state index contributed by atoms with van der Waals surface area (Å²) in [6, 6.07) is 117. The number of rotatable bonds is 10. The van der Waals surface area contributed by atoms with Gasteiger partial charge in [-0.1, -0.05) is 223 Å². The van der Waals surface area contributed by atoms with Gasteiger partial charge in [0.25, 0.3) is 0 Å². The van der Waals surface area contributed by atoms with Gasteiger partial charge in [0.05, 0.1) is 6.04 Å². The molecule has 5 nitrogen and oxygen atoms in total. The Morgan fingerprint density at radius 1 is 0.326 bits per heavy atom. The molecule has 7 heteroatoms. The van der Waals surface area contributed by atoms with Crippen LogP contribution in [0.4, 0.5) is 68.2 Å². The Kier molecular flexibility index (Phi) is 11.9. The fraction of sp³-hybridized carbons (Fsp3) is 0.0380. The predicted octanol–water partition coefficient (Wildman–Crippen LogP) is 16.2. The van der Waals surface area contributed by atoms with Gasteiger partial charge in [-0.15, -0.1) is 0 Å². The summed E-state index contributed by atoms with van der Waals surface area (Å²) in [5.74, 6) is -0.0383. The molecule has 0 aromatic heterocycles. The summed E-state index contributed by atoms with van der Waals surface area (Å²) in [6.45, 7) is -0.106. The van der Waals surface area contributed by atoms with E-state index in [4.69, 9.17) is 0 Å². The summed E-state index contributed by atoms with van der Waals surface area (Å²) < 4.78 is 0. The first-order chi connectivity index (χ1) is 42.7. The Bertz CT molecular complexity index is 4490. The minimum Gasteiger partial charge on any atom is -0.335 e. The van der Waals surface area contributed by atoms with Gasteiger partial charge in [0.15, 0.2) is 0 Å². The molecule has 0 spiro atoms. The van der Waals surface area contributed by atoms with Crippen LogP contribution >= 0.6 is 0 Å². The van der Waals surface area contributed by atoms with E-state index in [1.54, 1.807) is 0 Å². The lowest BCUT2D eigenvalue weighted by Crippen LogP contribution is -2.66. The highest BCUT2D eigenvalue weighted by Crippen LogP contribution is 2.54. The van der Waals surface area contributed by atoms with Gasteiger partial charge in [-0.05, 0) is 149 Å². The summed E-state index contributed by atoms with van der Waals surface area (Å²) in [6.07, 6.45) is 5.09. The Balaban J connectivity index is 0.985. The van der Waals surface area contributed by atoms with Crippen molar-refractivity contribution in [2.45, 2.75) is 17.8 Å². The molecule has 4 heterocycles. The first kappa shape index (κ1) is 49.8. The van der Waals surface area contributed by atoms with E-state index in [1.807, 2.05) is 0 Å². The summed E-state index contributed by atoms with van der Waals surface area (Å²) >= 11 is 0. The van der Waals surface area contributed by atoms with E-state index in [2.05, 4.69) is 352 Å². The Morgan fingerprint density at radius 2 is 0.802 bits per heavy atom. The topological polar surface area (TPSA) is 16.2 Å². The molecule has 17 rings (SSSR count). The molecule has 0 saturated heterocycles. The van der Waals surface area contributed by atoms with Crippen molar-refractivity contribution in [3.63, 3.8) is 0 Å². The van der Waals surface area contributed by atoms with Gasteiger partial charge in [0.2, 0.25) is 13.4 Å². The largest absolute Gasteiger partial charge is 0.335 e. The zero-order valence-electron chi connectivity index (χ0n) is 47.3. The van der Waals surface area contributed by atoms with Gasteiger partial charge in [-0.25, -0.2) is 0 Å². The highest BCUT2D eigenvalue weighted by atomic mass is 15.2. The lowest BCUT2D eigenvalue weighted by molar-refractivity contribution is 0.713. The van der Waals surface area contributed by atoms with Crippen LogP contribution in [-0.2, 0) is 0 Å². The minimum atomic E-state index is -0.0941. The van der Waals surface area contributed by atoms with Crippen LogP contribution < -0.4 is 51.8 Å². The van der Waals surface area contributed by atoms with Gasteiger partial charge in [0, 0.05) is 91.4 Å². The number of benzene rings is 12. The Labute approximate surface area is 504 Å². The summed E-state index contributed by atoms with van der Waals surface area (Å²) in [5, 5.41) is 0. The van der Waals surface area contributed by atoms with Gasteiger partial charge in [-0.2, -0.15) is 0 Å². The summed E-state index contributed by atoms with van der Waals surface area (Å²) in [5.41, 5.74) is 26.6. The lowest BCUT2D eigenvalue weighted by atomic mass is 9.26. The Morgan fingerprint density at radius 3 is 1.40 bits per heavy atom. The standard InChI is InChI=1S/C79H57B2N5/c1-9-29-55(30-10-1)77-65-45-25-26-46-67(65)80-69-53-70-73(54-72(69)85(61-41-21-7-22-42-61)74-50-63(49-66(77)78(74)80)82(56-31-11-2-12-32-56)57-33-13-3-14-34-57)86(62-43-23-8-24-44-62)76-52-64(83(58-35-15-4-16-36-58)59-37-17-5-18-38-59)51-75-79(76)81(70)68-47-27-28-48-71(68)84(75)60-39-19-6-20-40-60/h1-54,75,77,79H. The van der Waals surface area contributed by atoms with Crippen molar-refractivity contribution in [2.24, 2.45) is 0 Å². The van der Waals surface area contributed by atoms with Crippen molar-refractivity contribution in [1.82, 2.24) is 0 Å². The molecule has 0 radical (unpaired) electrons. The number of hydrogen-bond acceptors (Lipinski definition) is 5. The van der Waals surface area contributed by atoms with Gasteiger partial charge in [-0.3, -0.25) is 0 Å². The molecule has 5 aliphatic rings. The van der Waals surface area contributed by atoms with E-state index in [0.717, 1.165) is 45.5 Å². The number of anilines is 12. The smallest absolute Gasteiger partial charge is 0.247 e. The van der Waals surface area contributed by atoms with Crippen molar-refractivity contribution in [3.05, 3.63) is 356 Å². The molecule has 1 aliphatic carbocycles. The van der Waals surface area contributed by atoms with Crippen LogP contribution in [0.25, 0.3) is 0 Å². The lowest BCUT2D eigenvalue weighted by Gasteiger charge is -2.54. The SMILES string of the molecule is C1=C(N(c2ccccc2)c2ccccc2)C=C2C3B(c4cc5c(cc4N2c2ccccc2)N(c2ccccc2)c2cc(N(c4ccccc4)c4ccccc4)cc4c2B5c2ccccc2C4c2ccccc2)c2ccccc2N(c2ccccc2)C13. The van der Waals surface area contributed by atoms with Crippen LogP contribution in [0.5, 0.6) is 0 Å². The molecule has 0 bridgehead atoms. The molecule has 12 aromatic rings. The highest BCUT2D eigenvalue weighted by Gasteiger charge is 2.54. The number of nitrogens with zero attached hydrogens (tertiary/aromatic N) is 5. The van der Waals surface area contributed by atoms with Crippen LogP contribution in [0.15, 0.2) is 339 Å². The van der Waals surface area contributed by atoms with E-state index in [-0.39, 0.29) is 31.2 Å². The molecule has 4 aliphatic heterocycles. The van der Waals surface area contributed by atoms with E-state index >= 15 is 0 Å². The number of hydrogen-bond donors (Lipinski definition) is 0. The number of allylic oxidation sites excluding steroid dienone is 1. The minimum absolute atomic E-state index is 0.00436. The number of para-hydroxylation sites is 8. The van der Waals surface area contributed by atoms with Gasteiger partial charge < -0.3 is 24.5 Å². The zero-order valence-corrected chi connectivity index (χ0v) is 47.3. The van der Waals surface area contributed by atoms with Crippen molar-refractivity contribution in [3.8, 4) is 0 Å². The third kappa shape index (κ3) is 7.95. The number of fused-ring (bicyclic) bond motifs is 8. The van der Waals surface area contributed by atoms with E-state index < -0.39 is 0 Å². The second-order valence-electron chi connectivity index (χ2n) is 23.1. The third-order valence-corrected chi connectivity index (χ3v) is 18.5. The maximum atomic E-state index is 2.68. The second kappa shape index (κ2) is 20.5. The van der Waals surface area contributed by atoms with Crippen molar-refractivity contribution >= 4 is 109 Å². The fourth-order valence-corrected chi connectivity index (χ4v) is 15.2. The van der Waals surface area contributed by atoms with Crippen LogP contribution in [-0.4, -0.2) is 19.5 Å². The molecule has 3 atom stereocenters. The molecule has 0 N–H and O–H groups in total. The molecule has 0 amide bonds. The van der Waals surface area contributed by atoms with Crippen LogP contribution in [0.2, 0.25) is 5.82 Å². The normalized spacial score (nSPS) is 16.5. The predicted molar refractivity (Wildman–Crippen MR) is 362 cm³/mol. The molecule has 0 fully saturated rings. The van der Waals surface area contributed by atoms with Crippen LogP contribution in [0.1, 0.15) is 22.6 Å². The van der Waals surface area contributed by atoms with E-state index in [9.17, 15) is 0 Å². The molecule has 404 valence electrons. The maximum Gasteiger partial charge on any atom is 0.247 e. The van der Waals surface area contributed by atoms with Crippen molar-refractivity contribution < 1.29 is 0 Å². The van der Waals surface area contributed by atoms with Crippen LogP contribution in [0, 0.1) is 0 Å². The quantitative estimate of drug-likeness (QED) is 0.127. The maximum absolute atomic E-state index is 2.68. The highest BCUT2D eigenvalue weighted by molar-refractivity contribution is 7.00. The van der Waals surface area contributed by atoms with Gasteiger partial charge >= 0.3 is 0 Å². The average molecular weight is 1100 g/mol. The van der Waals surface area contributed by atoms with Crippen molar-refractivity contribution in [1.29, 1.82) is 0 Å². The molecule has 86 heavy (non-hydrogen) atoms. The molecule has 12 aromatic carbocycles. The third-order valence-electron chi connectivity index (χ3n) is 18.5. The first-order valence-electron chi connectivity index (χ1n) is 30.1. The Hall–Kier alpha value is -10.8.